The van der Waals surface area contributed by atoms with Crippen molar-refractivity contribution in [2.75, 3.05) is 6.54 Å². The summed E-state index contributed by atoms with van der Waals surface area (Å²) in [5.41, 5.74) is 6.40. The van der Waals surface area contributed by atoms with Crippen molar-refractivity contribution in [3.05, 3.63) is 15.9 Å². The second-order valence-corrected chi connectivity index (χ2v) is 4.48. The monoisotopic (exact) mass is 275 g/mol. The molecule has 15 heavy (non-hydrogen) atoms. The molecule has 1 aromatic heterocycles. The Morgan fingerprint density at radius 1 is 1.67 bits per heavy atom. The van der Waals surface area contributed by atoms with E-state index in [1.807, 2.05) is 13.8 Å². The molecule has 1 unspecified atom stereocenters. The zero-order valence-electron chi connectivity index (χ0n) is 8.62. The van der Waals surface area contributed by atoms with Crippen LogP contribution < -0.4 is 5.73 Å². The van der Waals surface area contributed by atoms with Crippen molar-refractivity contribution < 1.29 is 9.90 Å². The fraction of sp³-hybridized carbons (Fsp3) is 0.556. The van der Waals surface area contributed by atoms with E-state index in [-0.39, 0.29) is 11.6 Å². The summed E-state index contributed by atoms with van der Waals surface area (Å²) in [4.78, 5) is 10.8. The third kappa shape index (κ3) is 2.38. The first-order chi connectivity index (χ1) is 6.99. The number of nitrogens with two attached hydrogens (primary N) is 1. The van der Waals surface area contributed by atoms with Gasteiger partial charge in [0.25, 0.3) is 0 Å². The SMILES string of the molecule is CC(C)C(CN)c1[nH]nc(C(=O)O)c1Br. The van der Waals surface area contributed by atoms with Gasteiger partial charge in [0.15, 0.2) is 5.69 Å². The Kier molecular flexibility index (Phi) is 3.87. The summed E-state index contributed by atoms with van der Waals surface area (Å²) in [6.07, 6.45) is 0. The number of carboxylic acid groups (broad SMARTS) is 1. The zero-order valence-corrected chi connectivity index (χ0v) is 10.2. The van der Waals surface area contributed by atoms with Crippen molar-refractivity contribution in [3.63, 3.8) is 0 Å². The molecule has 0 saturated carbocycles. The number of hydrogen-bond donors (Lipinski definition) is 3. The van der Waals surface area contributed by atoms with E-state index in [4.69, 9.17) is 10.8 Å². The predicted octanol–water partition coefficient (Wildman–Crippen LogP) is 1.57. The normalized spacial score (nSPS) is 13.1. The van der Waals surface area contributed by atoms with Crippen molar-refractivity contribution >= 4 is 21.9 Å². The van der Waals surface area contributed by atoms with Gasteiger partial charge < -0.3 is 10.8 Å². The summed E-state index contributed by atoms with van der Waals surface area (Å²) in [6, 6.07) is 0. The van der Waals surface area contributed by atoms with E-state index in [0.29, 0.717) is 16.9 Å². The van der Waals surface area contributed by atoms with E-state index in [1.165, 1.54) is 0 Å². The topological polar surface area (TPSA) is 92.0 Å². The first-order valence-corrected chi connectivity index (χ1v) is 5.45. The van der Waals surface area contributed by atoms with Gasteiger partial charge in [-0.15, -0.1) is 0 Å². The van der Waals surface area contributed by atoms with Crippen LogP contribution in [0.15, 0.2) is 4.47 Å². The summed E-state index contributed by atoms with van der Waals surface area (Å²) in [6.45, 7) is 4.52. The van der Waals surface area contributed by atoms with E-state index in [0.717, 1.165) is 5.69 Å². The molecule has 0 amide bonds. The maximum atomic E-state index is 10.8. The lowest BCUT2D eigenvalue weighted by Gasteiger charge is -2.17. The number of carboxylic acids is 1. The van der Waals surface area contributed by atoms with Crippen LogP contribution in [0.5, 0.6) is 0 Å². The molecule has 0 fully saturated rings. The van der Waals surface area contributed by atoms with Crippen molar-refractivity contribution in [1.82, 2.24) is 10.2 Å². The lowest BCUT2D eigenvalue weighted by Crippen LogP contribution is -2.18. The standard InChI is InChI=1S/C9H14BrN3O2/c1-4(2)5(3-11)7-6(10)8(9(14)15)13-12-7/h4-5H,3,11H2,1-2H3,(H,12,13)(H,14,15). The summed E-state index contributed by atoms with van der Waals surface area (Å²) in [7, 11) is 0. The van der Waals surface area contributed by atoms with Crippen LogP contribution in [0.2, 0.25) is 0 Å². The molecule has 1 rings (SSSR count). The summed E-state index contributed by atoms with van der Waals surface area (Å²) in [5, 5.41) is 15.3. The largest absolute Gasteiger partial charge is 0.476 e. The molecule has 84 valence electrons. The minimum atomic E-state index is -1.05. The number of nitrogens with zero attached hydrogens (tertiary/aromatic N) is 1. The third-order valence-corrected chi connectivity index (χ3v) is 3.17. The highest BCUT2D eigenvalue weighted by Gasteiger charge is 2.23. The Morgan fingerprint density at radius 2 is 2.27 bits per heavy atom. The Balaban J connectivity index is 3.09. The van der Waals surface area contributed by atoms with Gasteiger partial charge in [-0.1, -0.05) is 13.8 Å². The highest BCUT2D eigenvalue weighted by atomic mass is 79.9. The summed E-state index contributed by atoms with van der Waals surface area (Å²) in [5.74, 6) is -0.641. The van der Waals surface area contributed by atoms with Gasteiger partial charge in [-0.25, -0.2) is 4.79 Å². The molecule has 4 N–H and O–H groups in total. The van der Waals surface area contributed by atoms with E-state index in [2.05, 4.69) is 26.1 Å². The van der Waals surface area contributed by atoms with E-state index < -0.39 is 5.97 Å². The van der Waals surface area contributed by atoms with Crippen LogP contribution in [-0.4, -0.2) is 27.8 Å². The number of halogens is 1. The quantitative estimate of drug-likeness (QED) is 0.778. The number of aromatic carboxylic acids is 1. The molecular weight excluding hydrogens is 262 g/mol. The molecule has 1 heterocycles. The van der Waals surface area contributed by atoms with Crippen LogP contribution in [0.4, 0.5) is 0 Å². The number of aromatic nitrogens is 2. The van der Waals surface area contributed by atoms with Gasteiger partial charge in [-0.05, 0) is 21.8 Å². The number of H-pyrrole nitrogens is 1. The van der Waals surface area contributed by atoms with Crippen LogP contribution >= 0.6 is 15.9 Å². The number of carbonyl (C=O) groups is 1. The Morgan fingerprint density at radius 3 is 2.60 bits per heavy atom. The molecule has 0 saturated heterocycles. The fourth-order valence-corrected chi connectivity index (χ4v) is 2.09. The van der Waals surface area contributed by atoms with Gasteiger partial charge in [-0.2, -0.15) is 5.10 Å². The molecule has 0 spiro atoms. The molecule has 5 nitrogen and oxygen atoms in total. The second-order valence-electron chi connectivity index (χ2n) is 3.69. The van der Waals surface area contributed by atoms with E-state index in [9.17, 15) is 4.79 Å². The molecule has 0 aromatic carbocycles. The predicted molar refractivity (Wildman–Crippen MR) is 59.9 cm³/mol. The lowest BCUT2D eigenvalue weighted by molar-refractivity contribution is 0.0689. The average molecular weight is 276 g/mol. The van der Waals surface area contributed by atoms with Gasteiger partial charge in [-0.3, -0.25) is 5.10 Å². The van der Waals surface area contributed by atoms with Crippen molar-refractivity contribution in [3.8, 4) is 0 Å². The van der Waals surface area contributed by atoms with Gasteiger partial charge in [0.1, 0.15) is 0 Å². The minimum absolute atomic E-state index is 0.00380. The first kappa shape index (κ1) is 12.2. The molecule has 1 aromatic rings. The van der Waals surface area contributed by atoms with Crippen molar-refractivity contribution in [2.24, 2.45) is 11.7 Å². The van der Waals surface area contributed by atoms with Gasteiger partial charge in [0, 0.05) is 12.5 Å². The molecule has 1 atom stereocenters. The maximum absolute atomic E-state index is 10.8. The summed E-state index contributed by atoms with van der Waals surface area (Å²) < 4.78 is 0.499. The molecule has 0 aliphatic rings. The minimum Gasteiger partial charge on any atom is -0.476 e. The van der Waals surface area contributed by atoms with E-state index >= 15 is 0 Å². The first-order valence-electron chi connectivity index (χ1n) is 4.66. The van der Waals surface area contributed by atoms with Crippen molar-refractivity contribution in [2.45, 2.75) is 19.8 Å². The van der Waals surface area contributed by atoms with Crippen molar-refractivity contribution in [1.29, 1.82) is 0 Å². The van der Waals surface area contributed by atoms with Crippen LogP contribution in [0, 0.1) is 5.92 Å². The molecule has 6 heteroatoms. The average Bonchev–Trinajstić information content (AvgIpc) is 2.49. The summed E-state index contributed by atoms with van der Waals surface area (Å²) >= 11 is 3.23. The molecule has 0 aliphatic heterocycles. The molecule has 0 aliphatic carbocycles. The second kappa shape index (κ2) is 4.76. The smallest absolute Gasteiger partial charge is 0.357 e. The molecular formula is C9H14BrN3O2. The number of rotatable bonds is 4. The Hall–Kier alpha value is -0.880. The van der Waals surface area contributed by atoms with Crippen LogP contribution in [0.3, 0.4) is 0 Å². The van der Waals surface area contributed by atoms with Gasteiger partial charge in [0.05, 0.1) is 10.2 Å². The fourth-order valence-electron chi connectivity index (χ4n) is 1.45. The van der Waals surface area contributed by atoms with Crippen LogP contribution in [0.1, 0.15) is 35.9 Å². The van der Waals surface area contributed by atoms with Crippen LogP contribution in [0.25, 0.3) is 0 Å². The highest BCUT2D eigenvalue weighted by molar-refractivity contribution is 9.10. The zero-order chi connectivity index (χ0) is 11.6. The molecule has 0 radical (unpaired) electrons. The number of hydrogen-bond acceptors (Lipinski definition) is 3. The Labute approximate surface area is 96.2 Å². The van der Waals surface area contributed by atoms with Gasteiger partial charge >= 0.3 is 5.97 Å². The molecule has 0 bridgehead atoms. The van der Waals surface area contributed by atoms with E-state index in [1.54, 1.807) is 0 Å². The highest BCUT2D eigenvalue weighted by Crippen LogP contribution is 2.30. The lowest BCUT2D eigenvalue weighted by atomic mass is 9.92. The van der Waals surface area contributed by atoms with Gasteiger partial charge in [0.2, 0.25) is 0 Å². The van der Waals surface area contributed by atoms with Crippen LogP contribution in [-0.2, 0) is 0 Å². The maximum Gasteiger partial charge on any atom is 0.357 e. The Bertz CT molecular complexity index is 362. The third-order valence-electron chi connectivity index (χ3n) is 2.36. The number of aromatic amines is 1. The number of nitrogens with one attached hydrogen (secondary N) is 1.